The number of aliphatic hydroxyl groups is 3. The number of aliphatic hydroxyl groups excluding tert-OH is 3. The van der Waals surface area contributed by atoms with Crippen LogP contribution in [0.1, 0.15) is 98.3 Å². The lowest BCUT2D eigenvalue weighted by Gasteiger charge is -2.30. The highest BCUT2D eigenvalue weighted by atomic mass is 16.4. The van der Waals surface area contributed by atoms with Crippen LogP contribution in [-0.2, 0) is 9.59 Å². The van der Waals surface area contributed by atoms with Gasteiger partial charge in [-0.3, -0.25) is 9.59 Å². The van der Waals surface area contributed by atoms with Crippen molar-refractivity contribution in [3.63, 3.8) is 0 Å². The van der Waals surface area contributed by atoms with Gasteiger partial charge in [0.1, 0.15) is 18.7 Å². The number of amides is 1. The lowest BCUT2D eigenvalue weighted by Crippen LogP contribution is -2.45. The standard InChI is InChI=1S/C16H31NO3.C6H15NO3/c1-3-4-5-6-7-8-9-10-11-12-15(18)17(2)14-13-16(19)20;1-4(8)7(5(2)9)6(3)10/h3-14H2,1-2H3,(H,19,20);4-6,8-10H,1-3H3. The van der Waals surface area contributed by atoms with Gasteiger partial charge in [0.15, 0.2) is 0 Å². The molecule has 8 heteroatoms. The highest BCUT2D eigenvalue weighted by Gasteiger charge is 2.20. The van der Waals surface area contributed by atoms with Gasteiger partial charge in [-0.2, -0.15) is 0 Å². The van der Waals surface area contributed by atoms with Gasteiger partial charge in [-0.1, -0.05) is 58.3 Å². The normalized spacial score (nSPS) is 13.9. The number of hydrogen-bond donors (Lipinski definition) is 4. The van der Waals surface area contributed by atoms with Crippen LogP contribution in [0.2, 0.25) is 0 Å². The summed E-state index contributed by atoms with van der Waals surface area (Å²) in [5.41, 5.74) is 0. The fraction of sp³-hybridized carbons (Fsp3) is 0.909. The van der Waals surface area contributed by atoms with Crippen LogP contribution in [-0.4, -0.2) is 74.4 Å². The Hall–Kier alpha value is -1.22. The zero-order valence-electron chi connectivity index (χ0n) is 19.7. The van der Waals surface area contributed by atoms with Crippen molar-refractivity contribution in [2.45, 2.75) is 117 Å². The van der Waals surface area contributed by atoms with E-state index in [0.717, 1.165) is 12.8 Å². The summed E-state index contributed by atoms with van der Waals surface area (Å²) < 4.78 is 0. The van der Waals surface area contributed by atoms with Crippen molar-refractivity contribution in [1.82, 2.24) is 9.80 Å². The lowest BCUT2D eigenvalue weighted by atomic mass is 10.1. The van der Waals surface area contributed by atoms with Crippen LogP contribution in [0.25, 0.3) is 0 Å². The molecule has 0 aliphatic rings. The van der Waals surface area contributed by atoms with E-state index in [0.29, 0.717) is 13.0 Å². The molecule has 0 saturated carbocycles. The van der Waals surface area contributed by atoms with E-state index in [1.807, 2.05) is 0 Å². The summed E-state index contributed by atoms with van der Waals surface area (Å²) in [4.78, 5) is 24.8. The van der Waals surface area contributed by atoms with E-state index in [1.54, 1.807) is 7.05 Å². The maximum absolute atomic E-state index is 11.7. The van der Waals surface area contributed by atoms with E-state index in [9.17, 15) is 9.59 Å². The van der Waals surface area contributed by atoms with Crippen LogP contribution >= 0.6 is 0 Å². The molecule has 0 rings (SSSR count). The smallest absolute Gasteiger partial charge is 0.305 e. The van der Waals surface area contributed by atoms with Crippen molar-refractivity contribution in [3.05, 3.63) is 0 Å². The molecule has 0 aromatic carbocycles. The average Bonchev–Trinajstić information content (AvgIpc) is 2.64. The largest absolute Gasteiger partial charge is 0.481 e. The summed E-state index contributed by atoms with van der Waals surface area (Å²) in [6, 6.07) is 0. The van der Waals surface area contributed by atoms with Crippen molar-refractivity contribution in [1.29, 1.82) is 0 Å². The average molecular weight is 435 g/mol. The first kappa shape index (κ1) is 31.0. The van der Waals surface area contributed by atoms with Crippen LogP contribution in [0.4, 0.5) is 0 Å². The first-order valence-electron chi connectivity index (χ1n) is 11.3. The molecule has 0 aliphatic heterocycles. The number of rotatable bonds is 16. The van der Waals surface area contributed by atoms with Gasteiger partial charge in [0.25, 0.3) is 0 Å². The molecule has 3 atom stereocenters. The third kappa shape index (κ3) is 18.8. The first-order chi connectivity index (χ1) is 14.0. The van der Waals surface area contributed by atoms with E-state index >= 15 is 0 Å². The van der Waals surface area contributed by atoms with Crippen LogP contribution in [0.15, 0.2) is 0 Å². The van der Waals surface area contributed by atoms with Gasteiger partial charge >= 0.3 is 5.97 Å². The molecule has 0 heterocycles. The Morgan fingerprint density at radius 3 is 1.47 bits per heavy atom. The number of carbonyl (C=O) groups is 2. The third-order valence-electron chi connectivity index (χ3n) is 4.88. The Morgan fingerprint density at radius 1 is 0.733 bits per heavy atom. The fourth-order valence-electron chi connectivity index (χ4n) is 3.10. The molecule has 1 amide bonds. The minimum absolute atomic E-state index is 0.0278. The summed E-state index contributed by atoms with van der Waals surface area (Å²) in [5, 5.41) is 35.4. The van der Waals surface area contributed by atoms with Crippen LogP contribution < -0.4 is 0 Å². The highest BCUT2D eigenvalue weighted by molar-refractivity contribution is 5.76. The minimum atomic E-state index is -0.854. The van der Waals surface area contributed by atoms with Gasteiger partial charge in [0.2, 0.25) is 5.91 Å². The van der Waals surface area contributed by atoms with E-state index in [4.69, 9.17) is 20.4 Å². The Kier molecular flexibility index (Phi) is 20.4. The van der Waals surface area contributed by atoms with Crippen molar-refractivity contribution in [2.24, 2.45) is 0 Å². The second-order valence-electron chi connectivity index (χ2n) is 7.88. The molecular weight excluding hydrogens is 388 g/mol. The summed E-state index contributed by atoms with van der Waals surface area (Å²) in [7, 11) is 1.68. The van der Waals surface area contributed by atoms with Gasteiger partial charge in [-0.25, -0.2) is 4.90 Å². The second-order valence-corrected chi connectivity index (χ2v) is 7.88. The summed E-state index contributed by atoms with van der Waals surface area (Å²) >= 11 is 0. The van der Waals surface area contributed by atoms with E-state index in [1.165, 1.54) is 75.5 Å². The topological polar surface area (TPSA) is 122 Å². The molecule has 4 N–H and O–H groups in total. The monoisotopic (exact) mass is 434 g/mol. The minimum Gasteiger partial charge on any atom is -0.481 e. The number of carboxylic acids is 1. The van der Waals surface area contributed by atoms with Gasteiger partial charge < -0.3 is 25.3 Å². The Labute approximate surface area is 182 Å². The van der Waals surface area contributed by atoms with Crippen LogP contribution in [0.3, 0.4) is 0 Å². The number of unbranched alkanes of at least 4 members (excludes halogenated alkanes) is 8. The summed E-state index contributed by atoms with van der Waals surface area (Å²) in [6.07, 6.45) is 9.21. The number of hydrogen-bond acceptors (Lipinski definition) is 6. The first-order valence-corrected chi connectivity index (χ1v) is 11.3. The van der Waals surface area contributed by atoms with Gasteiger partial charge in [-0.15, -0.1) is 0 Å². The van der Waals surface area contributed by atoms with Crippen molar-refractivity contribution < 1.29 is 30.0 Å². The third-order valence-corrected chi connectivity index (χ3v) is 4.88. The van der Waals surface area contributed by atoms with Crippen molar-refractivity contribution in [2.75, 3.05) is 13.6 Å². The quantitative estimate of drug-likeness (QED) is 0.217. The second kappa shape index (κ2) is 19.7. The summed E-state index contributed by atoms with van der Waals surface area (Å²) in [5.74, 6) is -0.790. The predicted molar refractivity (Wildman–Crippen MR) is 119 cm³/mol. The molecule has 0 saturated heterocycles. The SMILES string of the molecule is CC(O)N(C(C)O)C(C)O.CCCCCCCCCCCC(=O)N(C)CCC(=O)O. The van der Waals surface area contributed by atoms with Crippen molar-refractivity contribution in [3.8, 4) is 0 Å². The number of aliphatic carboxylic acids is 1. The van der Waals surface area contributed by atoms with Crippen LogP contribution in [0, 0.1) is 0 Å². The number of carboxylic acid groups (broad SMARTS) is 1. The molecule has 8 nitrogen and oxygen atoms in total. The number of nitrogens with zero attached hydrogens (tertiary/aromatic N) is 2. The van der Waals surface area contributed by atoms with Crippen molar-refractivity contribution >= 4 is 11.9 Å². The maximum Gasteiger partial charge on any atom is 0.305 e. The molecule has 0 aromatic heterocycles. The van der Waals surface area contributed by atoms with E-state index < -0.39 is 24.7 Å². The molecule has 0 radical (unpaired) electrons. The molecule has 0 aliphatic carbocycles. The van der Waals surface area contributed by atoms with E-state index in [-0.39, 0.29) is 12.3 Å². The Morgan fingerprint density at radius 2 is 1.13 bits per heavy atom. The van der Waals surface area contributed by atoms with Gasteiger partial charge in [0, 0.05) is 20.0 Å². The molecule has 0 fully saturated rings. The zero-order valence-corrected chi connectivity index (χ0v) is 19.7. The molecule has 3 unspecified atom stereocenters. The Bertz CT molecular complexity index is 411. The summed E-state index contributed by atoms with van der Waals surface area (Å²) in [6.45, 7) is 6.99. The lowest BCUT2D eigenvalue weighted by molar-refractivity contribution is -0.159. The number of carbonyl (C=O) groups excluding carboxylic acids is 1. The molecule has 0 bridgehead atoms. The molecule has 0 spiro atoms. The van der Waals surface area contributed by atoms with Gasteiger partial charge in [0.05, 0.1) is 6.42 Å². The molecule has 180 valence electrons. The maximum atomic E-state index is 11.7. The van der Waals surface area contributed by atoms with E-state index in [2.05, 4.69) is 6.92 Å². The molecule has 0 aromatic rings. The van der Waals surface area contributed by atoms with Gasteiger partial charge in [-0.05, 0) is 27.2 Å². The molecule has 30 heavy (non-hydrogen) atoms. The fourth-order valence-corrected chi connectivity index (χ4v) is 3.10. The predicted octanol–water partition coefficient (Wildman–Crippen LogP) is 3.14. The highest BCUT2D eigenvalue weighted by Crippen LogP contribution is 2.11. The van der Waals surface area contributed by atoms with Crippen LogP contribution in [0.5, 0.6) is 0 Å². The molecular formula is C22H46N2O6. The Balaban J connectivity index is 0. The zero-order chi connectivity index (χ0) is 23.5.